The van der Waals surface area contributed by atoms with Crippen molar-refractivity contribution in [2.24, 2.45) is 7.05 Å². The predicted molar refractivity (Wildman–Crippen MR) is 131 cm³/mol. The lowest BCUT2D eigenvalue weighted by atomic mass is 9.93. The Morgan fingerprint density at radius 1 is 1.14 bits per heavy atom. The van der Waals surface area contributed by atoms with Gasteiger partial charge in [0, 0.05) is 49.9 Å². The number of amides is 1. The molecule has 0 aromatic carbocycles. The summed E-state index contributed by atoms with van der Waals surface area (Å²) in [5.41, 5.74) is 5.66. The number of carbonyl (C=O) groups excluding carboxylic acids is 1. The number of methoxy groups -OCH3 is 1. The first-order valence-corrected chi connectivity index (χ1v) is 11.7. The van der Waals surface area contributed by atoms with E-state index in [9.17, 15) is 4.79 Å². The van der Waals surface area contributed by atoms with Gasteiger partial charge in [0.15, 0.2) is 0 Å². The molecular formula is C25H26N8O2. The molecule has 1 saturated carbocycles. The van der Waals surface area contributed by atoms with Crippen molar-refractivity contribution < 1.29 is 9.53 Å². The van der Waals surface area contributed by atoms with Gasteiger partial charge in [-0.3, -0.25) is 9.48 Å². The maximum atomic E-state index is 13.2. The summed E-state index contributed by atoms with van der Waals surface area (Å²) < 4.78 is 8.93. The van der Waals surface area contributed by atoms with Crippen molar-refractivity contribution in [2.45, 2.75) is 37.8 Å². The Labute approximate surface area is 201 Å². The molecule has 0 bridgehead atoms. The number of carbonyl (C=O) groups is 1. The first kappa shape index (κ1) is 21.5. The summed E-state index contributed by atoms with van der Waals surface area (Å²) in [7, 11) is 3.63. The van der Waals surface area contributed by atoms with Gasteiger partial charge in [0.1, 0.15) is 12.0 Å². The van der Waals surface area contributed by atoms with Gasteiger partial charge in [-0.15, -0.1) is 0 Å². The molecule has 10 nitrogen and oxygen atoms in total. The van der Waals surface area contributed by atoms with E-state index in [0.717, 1.165) is 64.6 Å². The SMILES string of the molecule is CO[C@H]1CC[C@H](NC(=O)c2cnn3ccc(-c4c[nH]c5ncnc(-c6cnn(C)c6)c45)cc23)CC1. The highest BCUT2D eigenvalue weighted by molar-refractivity contribution is 6.04. The third-order valence-corrected chi connectivity index (χ3v) is 6.87. The molecule has 1 fully saturated rings. The summed E-state index contributed by atoms with van der Waals surface area (Å²) in [4.78, 5) is 25.4. The molecule has 35 heavy (non-hydrogen) atoms. The molecule has 5 aromatic rings. The standard InChI is InChI=1S/C25H26N8O2/c1-32-13-16(10-29-32)23-22-19(11-26-24(22)28-14-27-23)15-7-8-33-21(9-15)20(12-30-33)25(34)31-17-3-5-18(35-2)6-4-17/h7-14,17-18H,3-6H2,1-2H3,(H,31,34)(H,26,27,28)/t17-,18-. The van der Waals surface area contributed by atoms with Gasteiger partial charge in [0.2, 0.25) is 0 Å². The highest BCUT2D eigenvalue weighted by Gasteiger charge is 2.24. The summed E-state index contributed by atoms with van der Waals surface area (Å²) in [5, 5.41) is 12.8. The van der Waals surface area contributed by atoms with E-state index < -0.39 is 0 Å². The molecule has 0 unspecified atom stereocenters. The molecule has 2 N–H and O–H groups in total. The number of hydrogen-bond donors (Lipinski definition) is 2. The van der Waals surface area contributed by atoms with E-state index >= 15 is 0 Å². The number of H-pyrrole nitrogens is 1. The number of hydrogen-bond acceptors (Lipinski definition) is 6. The molecule has 0 spiro atoms. The minimum atomic E-state index is -0.101. The minimum absolute atomic E-state index is 0.101. The second kappa shape index (κ2) is 8.62. The van der Waals surface area contributed by atoms with Crippen molar-refractivity contribution >= 4 is 22.5 Å². The zero-order valence-corrected chi connectivity index (χ0v) is 19.6. The lowest BCUT2D eigenvalue weighted by Crippen LogP contribution is -2.38. The van der Waals surface area contributed by atoms with Crippen LogP contribution in [0.4, 0.5) is 0 Å². The van der Waals surface area contributed by atoms with Gasteiger partial charge in [-0.05, 0) is 43.4 Å². The normalized spacial score (nSPS) is 18.3. The number of ether oxygens (including phenoxy) is 1. The number of nitrogens with zero attached hydrogens (tertiary/aromatic N) is 6. The molecule has 5 aromatic heterocycles. The van der Waals surface area contributed by atoms with Crippen molar-refractivity contribution in [3.63, 3.8) is 0 Å². The Morgan fingerprint density at radius 3 is 2.77 bits per heavy atom. The van der Waals surface area contributed by atoms with Gasteiger partial charge in [-0.2, -0.15) is 10.2 Å². The van der Waals surface area contributed by atoms with Gasteiger partial charge in [0.05, 0.1) is 40.7 Å². The highest BCUT2D eigenvalue weighted by atomic mass is 16.5. The summed E-state index contributed by atoms with van der Waals surface area (Å²) in [6.07, 6.45) is 14.8. The van der Waals surface area contributed by atoms with E-state index in [1.54, 1.807) is 35.0 Å². The highest BCUT2D eigenvalue weighted by Crippen LogP contribution is 2.34. The number of nitrogens with one attached hydrogen (secondary N) is 2. The molecule has 6 rings (SSSR count). The Hall–Kier alpha value is -4.05. The van der Waals surface area contributed by atoms with E-state index in [1.807, 2.05) is 37.8 Å². The minimum Gasteiger partial charge on any atom is -0.381 e. The second-order valence-corrected chi connectivity index (χ2v) is 9.04. The summed E-state index contributed by atoms with van der Waals surface area (Å²) in [6, 6.07) is 4.13. The van der Waals surface area contributed by atoms with E-state index in [4.69, 9.17) is 4.74 Å². The quantitative estimate of drug-likeness (QED) is 0.407. The molecular weight excluding hydrogens is 444 g/mol. The van der Waals surface area contributed by atoms with Crippen LogP contribution in [0.5, 0.6) is 0 Å². The fourth-order valence-electron chi connectivity index (χ4n) is 4.98. The van der Waals surface area contributed by atoms with Gasteiger partial charge in [-0.1, -0.05) is 0 Å². The molecule has 0 atom stereocenters. The van der Waals surface area contributed by atoms with Crippen molar-refractivity contribution in [1.82, 2.24) is 39.7 Å². The van der Waals surface area contributed by atoms with Crippen molar-refractivity contribution in [3.05, 3.63) is 55.0 Å². The molecule has 5 heterocycles. The Bertz CT molecular complexity index is 1520. The molecule has 0 aliphatic heterocycles. The van der Waals surface area contributed by atoms with Crippen LogP contribution in [-0.2, 0) is 11.8 Å². The van der Waals surface area contributed by atoms with Gasteiger partial charge in [-0.25, -0.2) is 14.5 Å². The molecule has 0 radical (unpaired) electrons. The van der Waals surface area contributed by atoms with Crippen LogP contribution in [0.25, 0.3) is 38.9 Å². The number of rotatable bonds is 5. The van der Waals surface area contributed by atoms with E-state index in [-0.39, 0.29) is 11.9 Å². The molecule has 178 valence electrons. The number of aromatic amines is 1. The molecule has 10 heteroatoms. The molecule has 1 amide bonds. The second-order valence-electron chi connectivity index (χ2n) is 9.04. The number of aryl methyl sites for hydroxylation is 1. The van der Waals surface area contributed by atoms with Crippen LogP contribution in [0.15, 0.2) is 49.4 Å². The monoisotopic (exact) mass is 470 g/mol. The van der Waals surface area contributed by atoms with E-state index in [0.29, 0.717) is 11.7 Å². The van der Waals surface area contributed by atoms with Gasteiger partial charge < -0.3 is 15.0 Å². The maximum Gasteiger partial charge on any atom is 0.255 e. The van der Waals surface area contributed by atoms with Crippen molar-refractivity contribution in [1.29, 1.82) is 0 Å². The number of fused-ring (bicyclic) bond motifs is 2. The maximum absolute atomic E-state index is 13.2. The number of aromatic nitrogens is 7. The summed E-state index contributed by atoms with van der Waals surface area (Å²) in [5.74, 6) is -0.101. The Kier molecular flexibility index (Phi) is 5.29. The predicted octanol–water partition coefficient (Wildman–Crippen LogP) is 3.36. The topological polar surface area (TPSA) is 115 Å². The lowest BCUT2D eigenvalue weighted by Gasteiger charge is -2.28. The summed E-state index contributed by atoms with van der Waals surface area (Å²) >= 11 is 0. The van der Waals surface area contributed by atoms with Gasteiger partial charge in [0.25, 0.3) is 5.91 Å². The Balaban J connectivity index is 1.36. The lowest BCUT2D eigenvalue weighted by molar-refractivity contribution is 0.0599. The molecule has 0 saturated heterocycles. The zero-order chi connectivity index (χ0) is 23.9. The zero-order valence-electron chi connectivity index (χ0n) is 19.6. The smallest absolute Gasteiger partial charge is 0.255 e. The summed E-state index contributed by atoms with van der Waals surface area (Å²) in [6.45, 7) is 0. The van der Waals surface area contributed by atoms with E-state index in [2.05, 4.69) is 30.5 Å². The van der Waals surface area contributed by atoms with Crippen LogP contribution in [0.3, 0.4) is 0 Å². The third kappa shape index (κ3) is 3.85. The average molecular weight is 471 g/mol. The van der Waals surface area contributed by atoms with E-state index in [1.165, 1.54) is 0 Å². The first-order chi connectivity index (χ1) is 17.1. The van der Waals surface area contributed by atoms with Crippen LogP contribution >= 0.6 is 0 Å². The fourth-order valence-corrected chi connectivity index (χ4v) is 4.98. The Morgan fingerprint density at radius 2 is 2.00 bits per heavy atom. The molecule has 1 aliphatic rings. The van der Waals surface area contributed by atoms with Crippen LogP contribution in [0.2, 0.25) is 0 Å². The van der Waals surface area contributed by atoms with Crippen molar-refractivity contribution in [3.8, 4) is 22.4 Å². The van der Waals surface area contributed by atoms with Crippen LogP contribution < -0.4 is 5.32 Å². The first-order valence-electron chi connectivity index (χ1n) is 11.7. The largest absolute Gasteiger partial charge is 0.381 e. The third-order valence-electron chi connectivity index (χ3n) is 6.87. The van der Waals surface area contributed by atoms with Crippen LogP contribution in [-0.4, -0.2) is 59.5 Å². The number of pyridine rings is 1. The van der Waals surface area contributed by atoms with Crippen LogP contribution in [0.1, 0.15) is 36.0 Å². The van der Waals surface area contributed by atoms with Crippen molar-refractivity contribution in [2.75, 3.05) is 7.11 Å². The average Bonchev–Trinajstić information content (AvgIpc) is 3.62. The van der Waals surface area contributed by atoms with Gasteiger partial charge >= 0.3 is 0 Å². The fraction of sp³-hybridized carbons (Fsp3) is 0.320. The van der Waals surface area contributed by atoms with Crippen LogP contribution in [0, 0.1) is 0 Å². The molecule has 1 aliphatic carbocycles.